The van der Waals surface area contributed by atoms with Gasteiger partial charge in [0.25, 0.3) is 0 Å². The predicted molar refractivity (Wildman–Crippen MR) is 95.3 cm³/mol. The second kappa shape index (κ2) is 6.14. The van der Waals surface area contributed by atoms with Gasteiger partial charge in [0, 0.05) is 5.69 Å². The van der Waals surface area contributed by atoms with Crippen molar-refractivity contribution < 1.29 is 19.8 Å². The van der Waals surface area contributed by atoms with Gasteiger partial charge in [0.05, 0.1) is 10.9 Å². The van der Waals surface area contributed by atoms with Crippen molar-refractivity contribution in [2.45, 2.75) is 20.8 Å². The zero-order chi connectivity index (χ0) is 18.3. The third-order valence-corrected chi connectivity index (χ3v) is 5.01. The molecular weight excluding hydrogens is 342 g/mol. The van der Waals surface area contributed by atoms with E-state index in [1.807, 2.05) is 6.92 Å². The SMILES string of the molecule is Cc1nc(Nc2cc(C(=O)O)ccc2C)c2c(C)c(C(=O)O)sc2n1. The molecule has 0 unspecified atom stereocenters. The Morgan fingerprint density at radius 2 is 1.80 bits per heavy atom. The second-order valence-corrected chi connectivity index (χ2v) is 6.62. The number of aromatic carboxylic acids is 2. The minimum atomic E-state index is -1.02. The van der Waals surface area contributed by atoms with Gasteiger partial charge in [-0.2, -0.15) is 0 Å². The Morgan fingerprint density at radius 3 is 2.44 bits per heavy atom. The van der Waals surface area contributed by atoms with Crippen molar-refractivity contribution in [3.63, 3.8) is 0 Å². The van der Waals surface area contributed by atoms with Crippen LogP contribution >= 0.6 is 11.3 Å². The average molecular weight is 357 g/mol. The number of carboxylic acid groups (broad SMARTS) is 2. The number of rotatable bonds is 4. The summed E-state index contributed by atoms with van der Waals surface area (Å²) in [7, 11) is 0. The Balaban J connectivity index is 2.18. The van der Waals surface area contributed by atoms with Crippen LogP contribution in [0.15, 0.2) is 18.2 Å². The van der Waals surface area contributed by atoms with E-state index in [2.05, 4.69) is 15.3 Å². The summed E-state index contributed by atoms with van der Waals surface area (Å²) in [5, 5.41) is 22.3. The highest BCUT2D eigenvalue weighted by Crippen LogP contribution is 2.35. The molecule has 0 atom stereocenters. The van der Waals surface area contributed by atoms with Crippen molar-refractivity contribution >= 4 is 45.0 Å². The van der Waals surface area contributed by atoms with Gasteiger partial charge in [-0.15, -0.1) is 11.3 Å². The first-order valence-corrected chi connectivity index (χ1v) is 8.21. The highest BCUT2D eigenvalue weighted by molar-refractivity contribution is 7.20. The highest BCUT2D eigenvalue weighted by Gasteiger charge is 2.20. The summed E-state index contributed by atoms with van der Waals surface area (Å²) in [6.07, 6.45) is 0. The lowest BCUT2D eigenvalue weighted by Crippen LogP contribution is -2.03. The maximum atomic E-state index is 11.4. The topological polar surface area (TPSA) is 112 Å². The van der Waals surface area contributed by atoms with Gasteiger partial charge in [-0.05, 0) is 44.0 Å². The summed E-state index contributed by atoms with van der Waals surface area (Å²) >= 11 is 1.10. The molecule has 2 heterocycles. The molecular formula is C17H15N3O4S. The van der Waals surface area contributed by atoms with Crippen LogP contribution in [0.25, 0.3) is 10.2 Å². The van der Waals surface area contributed by atoms with E-state index in [1.54, 1.807) is 19.9 Å². The molecule has 0 fully saturated rings. The molecule has 2 aromatic heterocycles. The summed E-state index contributed by atoms with van der Waals surface area (Å²) < 4.78 is 0. The fraction of sp³-hybridized carbons (Fsp3) is 0.176. The summed E-state index contributed by atoms with van der Waals surface area (Å²) in [6, 6.07) is 4.77. The Kier molecular flexibility index (Phi) is 4.13. The number of aromatic nitrogens is 2. The van der Waals surface area contributed by atoms with E-state index < -0.39 is 11.9 Å². The molecule has 0 saturated carbocycles. The first-order chi connectivity index (χ1) is 11.8. The molecule has 3 rings (SSSR count). The zero-order valence-corrected chi connectivity index (χ0v) is 14.6. The third-order valence-electron chi connectivity index (χ3n) is 3.83. The van der Waals surface area contributed by atoms with Gasteiger partial charge in [-0.1, -0.05) is 6.07 Å². The quantitative estimate of drug-likeness (QED) is 0.651. The summed E-state index contributed by atoms with van der Waals surface area (Å²) in [5.41, 5.74) is 2.19. The van der Waals surface area contributed by atoms with Crippen LogP contribution in [0.1, 0.15) is 37.0 Å². The Labute approximate surface area is 147 Å². The molecule has 128 valence electrons. The number of thiophene rings is 1. The van der Waals surface area contributed by atoms with Crippen molar-refractivity contribution in [1.82, 2.24) is 9.97 Å². The van der Waals surface area contributed by atoms with Crippen molar-refractivity contribution in [3.05, 3.63) is 45.6 Å². The number of anilines is 2. The molecule has 0 aliphatic heterocycles. The summed E-state index contributed by atoms with van der Waals surface area (Å²) in [6.45, 7) is 5.29. The predicted octanol–water partition coefficient (Wildman–Crippen LogP) is 3.76. The van der Waals surface area contributed by atoms with Gasteiger partial charge in [-0.3, -0.25) is 0 Å². The minimum Gasteiger partial charge on any atom is -0.478 e. The van der Waals surface area contributed by atoms with Crippen LogP contribution in [0.2, 0.25) is 0 Å². The van der Waals surface area contributed by atoms with E-state index in [4.69, 9.17) is 0 Å². The number of aryl methyl sites for hydroxylation is 3. The molecule has 25 heavy (non-hydrogen) atoms. The molecule has 7 nitrogen and oxygen atoms in total. The van der Waals surface area contributed by atoms with Gasteiger partial charge < -0.3 is 15.5 Å². The maximum Gasteiger partial charge on any atom is 0.346 e. The van der Waals surface area contributed by atoms with Crippen LogP contribution in [0.3, 0.4) is 0 Å². The van der Waals surface area contributed by atoms with Crippen LogP contribution in [0.5, 0.6) is 0 Å². The number of fused-ring (bicyclic) bond motifs is 1. The molecule has 0 amide bonds. The fourth-order valence-electron chi connectivity index (χ4n) is 2.56. The number of benzene rings is 1. The molecule has 3 aromatic rings. The van der Waals surface area contributed by atoms with E-state index in [0.29, 0.717) is 33.1 Å². The van der Waals surface area contributed by atoms with Crippen molar-refractivity contribution in [2.75, 3.05) is 5.32 Å². The van der Waals surface area contributed by atoms with Crippen LogP contribution in [0, 0.1) is 20.8 Å². The van der Waals surface area contributed by atoms with Gasteiger partial charge in [0.2, 0.25) is 0 Å². The highest BCUT2D eigenvalue weighted by atomic mass is 32.1. The summed E-state index contributed by atoms with van der Waals surface area (Å²) in [5.74, 6) is -1.06. The average Bonchev–Trinajstić information content (AvgIpc) is 2.86. The molecule has 1 aromatic carbocycles. The lowest BCUT2D eigenvalue weighted by atomic mass is 10.1. The third kappa shape index (κ3) is 3.03. The minimum absolute atomic E-state index is 0.156. The number of hydrogen-bond acceptors (Lipinski definition) is 6. The largest absolute Gasteiger partial charge is 0.478 e. The Hall–Kier alpha value is -3.00. The van der Waals surface area contributed by atoms with Crippen molar-refractivity contribution in [1.29, 1.82) is 0 Å². The van der Waals surface area contributed by atoms with Gasteiger partial charge in [-0.25, -0.2) is 19.6 Å². The number of nitrogens with zero attached hydrogens (tertiary/aromatic N) is 2. The fourth-order valence-corrected chi connectivity index (χ4v) is 3.62. The van der Waals surface area contributed by atoms with Gasteiger partial charge in [0.1, 0.15) is 21.3 Å². The zero-order valence-electron chi connectivity index (χ0n) is 13.7. The maximum absolute atomic E-state index is 11.4. The number of hydrogen-bond donors (Lipinski definition) is 3. The van der Waals surface area contributed by atoms with Crippen molar-refractivity contribution in [2.24, 2.45) is 0 Å². The van der Waals surface area contributed by atoms with Crippen LogP contribution in [-0.4, -0.2) is 32.1 Å². The molecule has 0 saturated heterocycles. The number of carbonyl (C=O) groups is 2. The lowest BCUT2D eigenvalue weighted by Gasteiger charge is -2.12. The number of nitrogens with one attached hydrogen (secondary N) is 1. The van der Waals surface area contributed by atoms with Crippen LogP contribution in [-0.2, 0) is 0 Å². The van der Waals surface area contributed by atoms with E-state index in [-0.39, 0.29) is 10.4 Å². The molecule has 8 heteroatoms. The van der Waals surface area contributed by atoms with Crippen molar-refractivity contribution in [3.8, 4) is 0 Å². The lowest BCUT2D eigenvalue weighted by molar-refractivity contribution is 0.0688. The normalized spacial score (nSPS) is 10.8. The molecule has 0 aliphatic rings. The Bertz CT molecular complexity index is 1030. The molecule has 3 N–H and O–H groups in total. The molecule has 0 radical (unpaired) electrons. The first-order valence-electron chi connectivity index (χ1n) is 7.40. The van der Waals surface area contributed by atoms with Gasteiger partial charge >= 0.3 is 11.9 Å². The smallest absolute Gasteiger partial charge is 0.346 e. The van der Waals surface area contributed by atoms with Gasteiger partial charge in [0.15, 0.2) is 0 Å². The second-order valence-electron chi connectivity index (χ2n) is 5.62. The molecule has 0 spiro atoms. The first kappa shape index (κ1) is 16.8. The summed E-state index contributed by atoms with van der Waals surface area (Å²) in [4.78, 5) is 32.1. The van der Waals surface area contributed by atoms with E-state index in [9.17, 15) is 19.8 Å². The Morgan fingerprint density at radius 1 is 1.08 bits per heavy atom. The van der Waals surface area contributed by atoms with E-state index in [1.165, 1.54) is 12.1 Å². The van der Waals surface area contributed by atoms with E-state index >= 15 is 0 Å². The van der Waals surface area contributed by atoms with Crippen LogP contribution < -0.4 is 5.32 Å². The number of carboxylic acids is 2. The molecule has 0 aliphatic carbocycles. The standard InChI is InChI=1S/C17H15N3O4S/c1-7-4-5-10(16(21)22)6-11(7)20-14-12-8(2)13(17(23)24)25-15(12)19-9(3)18-14/h4-6H,1-3H3,(H,21,22)(H,23,24)(H,18,19,20). The van der Waals surface area contributed by atoms with E-state index in [0.717, 1.165) is 16.9 Å². The monoisotopic (exact) mass is 357 g/mol. The molecule has 0 bridgehead atoms. The van der Waals surface area contributed by atoms with Crippen LogP contribution in [0.4, 0.5) is 11.5 Å².